The van der Waals surface area contributed by atoms with Crippen molar-refractivity contribution in [1.29, 1.82) is 0 Å². The van der Waals surface area contributed by atoms with E-state index in [1.54, 1.807) is 18.2 Å². The van der Waals surface area contributed by atoms with Gasteiger partial charge in [0.25, 0.3) is 0 Å². The Labute approximate surface area is 218 Å². The van der Waals surface area contributed by atoms with Gasteiger partial charge in [0.2, 0.25) is 15.9 Å². The minimum absolute atomic E-state index is 0.113. The normalized spacial score (nSPS) is 20.0. The van der Waals surface area contributed by atoms with Crippen LogP contribution in [-0.2, 0) is 33.7 Å². The number of nitrogens with one attached hydrogen (secondary N) is 1. The van der Waals surface area contributed by atoms with Crippen LogP contribution in [0.2, 0.25) is 10.0 Å². The zero-order chi connectivity index (χ0) is 24.8. The van der Waals surface area contributed by atoms with Crippen LogP contribution in [0.1, 0.15) is 48.8 Å². The first-order valence-electron chi connectivity index (χ1n) is 12.3. The Morgan fingerprint density at radius 3 is 2.26 bits per heavy atom. The summed E-state index contributed by atoms with van der Waals surface area (Å²) in [6.07, 6.45) is 5.18. The van der Waals surface area contributed by atoms with Crippen LogP contribution in [0.15, 0.2) is 42.5 Å². The average Bonchev–Trinajstić information content (AvgIpc) is 2.86. The Kier molecular flexibility index (Phi) is 9.11. The molecule has 4 rings (SSSR count). The number of carbonyl (C=O) groups is 1. The minimum Gasteiger partial charge on any atom is -0.352 e. The fourth-order valence-electron chi connectivity index (χ4n) is 4.82. The van der Waals surface area contributed by atoms with E-state index in [9.17, 15) is 13.2 Å². The summed E-state index contributed by atoms with van der Waals surface area (Å²) in [6, 6.07) is 13.3. The third kappa shape index (κ3) is 7.20. The van der Waals surface area contributed by atoms with Gasteiger partial charge < -0.3 is 5.32 Å². The van der Waals surface area contributed by atoms with E-state index in [1.165, 1.54) is 29.1 Å². The molecule has 0 spiro atoms. The summed E-state index contributed by atoms with van der Waals surface area (Å²) < 4.78 is 27.5. The zero-order valence-corrected chi connectivity index (χ0v) is 22.2. The molecule has 1 N–H and O–H groups in total. The molecule has 2 fully saturated rings. The van der Waals surface area contributed by atoms with Gasteiger partial charge in [0.15, 0.2) is 0 Å². The van der Waals surface area contributed by atoms with E-state index in [-0.39, 0.29) is 24.1 Å². The monoisotopic (exact) mass is 537 g/mol. The average molecular weight is 539 g/mol. The molecular formula is C26H33Cl2N3O3S. The van der Waals surface area contributed by atoms with Crippen molar-refractivity contribution in [3.05, 3.63) is 69.2 Å². The summed E-state index contributed by atoms with van der Waals surface area (Å²) in [5.41, 5.74) is 2.72. The second-order valence-electron chi connectivity index (χ2n) is 9.52. The maximum atomic E-state index is 13.1. The molecule has 0 aliphatic carbocycles. The lowest BCUT2D eigenvalue weighted by Gasteiger charge is -2.31. The molecule has 1 atom stereocenters. The maximum Gasteiger partial charge on any atom is 0.224 e. The molecule has 0 aromatic heterocycles. The minimum atomic E-state index is -3.65. The van der Waals surface area contributed by atoms with Crippen LogP contribution in [0.3, 0.4) is 0 Å². The highest BCUT2D eigenvalue weighted by Gasteiger charge is 2.33. The number of hydrogen-bond acceptors (Lipinski definition) is 4. The summed E-state index contributed by atoms with van der Waals surface area (Å²) in [6.45, 7) is 4.30. The van der Waals surface area contributed by atoms with Crippen molar-refractivity contribution in [3.63, 3.8) is 0 Å². The Balaban J connectivity index is 1.29. The third-order valence-electron chi connectivity index (χ3n) is 6.88. The summed E-state index contributed by atoms with van der Waals surface area (Å²) in [5, 5.41) is 3.65. The second kappa shape index (κ2) is 12.1. The molecule has 2 aromatic rings. The molecule has 0 saturated carbocycles. The van der Waals surface area contributed by atoms with Crippen molar-refractivity contribution in [2.75, 3.05) is 26.2 Å². The van der Waals surface area contributed by atoms with Crippen molar-refractivity contribution in [2.24, 2.45) is 5.92 Å². The van der Waals surface area contributed by atoms with E-state index in [1.807, 2.05) is 0 Å². The Morgan fingerprint density at radius 1 is 0.914 bits per heavy atom. The molecule has 2 aliphatic rings. The van der Waals surface area contributed by atoms with Gasteiger partial charge in [0.05, 0.1) is 11.7 Å². The number of sulfonamides is 1. The van der Waals surface area contributed by atoms with Gasteiger partial charge >= 0.3 is 0 Å². The lowest BCUT2D eigenvalue weighted by Crippen LogP contribution is -2.45. The number of rotatable bonds is 8. The number of piperidine rings is 2. The van der Waals surface area contributed by atoms with Crippen LogP contribution in [0.4, 0.5) is 0 Å². The highest BCUT2D eigenvalue weighted by atomic mass is 35.5. The molecule has 2 saturated heterocycles. The van der Waals surface area contributed by atoms with Gasteiger partial charge in [-0.1, -0.05) is 60.0 Å². The Morgan fingerprint density at radius 2 is 1.57 bits per heavy atom. The molecule has 35 heavy (non-hydrogen) atoms. The van der Waals surface area contributed by atoms with Gasteiger partial charge in [-0.15, -0.1) is 0 Å². The van der Waals surface area contributed by atoms with E-state index in [0.717, 1.165) is 25.2 Å². The molecule has 1 amide bonds. The van der Waals surface area contributed by atoms with E-state index < -0.39 is 10.0 Å². The molecule has 2 aromatic carbocycles. The van der Waals surface area contributed by atoms with Crippen molar-refractivity contribution < 1.29 is 13.2 Å². The van der Waals surface area contributed by atoms with Gasteiger partial charge in [-0.3, -0.25) is 9.69 Å². The SMILES string of the molecule is O=C(NCc1ccc(CN2CCCCC2)cc1)C1CCCN(S(=O)(=O)Cc2c(Cl)cccc2Cl)C1. The third-order valence-corrected chi connectivity index (χ3v) is 9.36. The Bertz CT molecular complexity index is 1100. The number of amides is 1. The largest absolute Gasteiger partial charge is 0.352 e. The summed E-state index contributed by atoms with van der Waals surface area (Å²) in [5.74, 6) is -0.763. The summed E-state index contributed by atoms with van der Waals surface area (Å²) in [4.78, 5) is 15.3. The second-order valence-corrected chi connectivity index (χ2v) is 12.3. The van der Waals surface area contributed by atoms with Crippen LogP contribution in [-0.4, -0.2) is 49.7 Å². The van der Waals surface area contributed by atoms with Gasteiger partial charge in [0.1, 0.15) is 0 Å². The Hall–Kier alpha value is -1.64. The summed E-state index contributed by atoms with van der Waals surface area (Å²) in [7, 11) is -3.65. The maximum absolute atomic E-state index is 13.1. The number of likely N-dealkylation sites (tertiary alicyclic amines) is 1. The molecule has 0 bridgehead atoms. The predicted molar refractivity (Wildman–Crippen MR) is 141 cm³/mol. The van der Waals surface area contributed by atoms with Gasteiger partial charge in [-0.25, -0.2) is 12.7 Å². The molecule has 190 valence electrons. The van der Waals surface area contributed by atoms with E-state index in [2.05, 4.69) is 34.5 Å². The number of benzene rings is 2. The zero-order valence-electron chi connectivity index (χ0n) is 19.9. The molecule has 2 aliphatic heterocycles. The fraction of sp³-hybridized carbons (Fsp3) is 0.500. The molecule has 1 unspecified atom stereocenters. The number of carbonyl (C=O) groups excluding carboxylic acids is 1. The van der Waals surface area contributed by atoms with Crippen LogP contribution >= 0.6 is 23.2 Å². The first-order valence-corrected chi connectivity index (χ1v) is 14.7. The van der Waals surface area contributed by atoms with Crippen molar-refractivity contribution >= 4 is 39.1 Å². The van der Waals surface area contributed by atoms with Gasteiger partial charge in [-0.05, 0) is 62.0 Å². The quantitative estimate of drug-likeness (QED) is 0.523. The first kappa shape index (κ1) is 26.4. The van der Waals surface area contributed by atoms with Crippen LogP contribution in [0.5, 0.6) is 0 Å². The standard InChI is InChI=1S/C26H33Cl2N3O3S/c27-24-7-4-8-25(28)23(24)19-35(33,34)31-15-5-6-22(18-31)26(32)29-16-20-9-11-21(12-10-20)17-30-13-2-1-3-14-30/h4,7-12,22H,1-3,5-6,13-19H2,(H,29,32). The van der Waals surface area contributed by atoms with Crippen molar-refractivity contribution in [1.82, 2.24) is 14.5 Å². The van der Waals surface area contributed by atoms with Crippen molar-refractivity contribution in [2.45, 2.75) is 50.9 Å². The number of halogens is 2. The molecule has 9 heteroatoms. The van der Waals surface area contributed by atoms with Crippen LogP contribution in [0.25, 0.3) is 0 Å². The van der Waals surface area contributed by atoms with Crippen LogP contribution < -0.4 is 5.32 Å². The lowest BCUT2D eigenvalue weighted by atomic mass is 9.98. The van der Waals surface area contributed by atoms with Gasteiger partial charge in [0, 0.05) is 41.8 Å². The number of hydrogen-bond donors (Lipinski definition) is 1. The molecular weight excluding hydrogens is 505 g/mol. The summed E-state index contributed by atoms with van der Waals surface area (Å²) >= 11 is 12.4. The van der Waals surface area contributed by atoms with Gasteiger partial charge in [-0.2, -0.15) is 0 Å². The van der Waals surface area contributed by atoms with E-state index in [0.29, 0.717) is 41.5 Å². The molecule has 0 radical (unpaired) electrons. The molecule has 2 heterocycles. The topological polar surface area (TPSA) is 69.7 Å². The first-order chi connectivity index (χ1) is 16.8. The highest BCUT2D eigenvalue weighted by molar-refractivity contribution is 7.88. The van der Waals surface area contributed by atoms with Crippen LogP contribution in [0, 0.1) is 5.92 Å². The van der Waals surface area contributed by atoms with E-state index in [4.69, 9.17) is 23.2 Å². The fourth-order valence-corrected chi connectivity index (χ4v) is 7.19. The predicted octanol–water partition coefficient (Wildman–Crippen LogP) is 4.84. The highest BCUT2D eigenvalue weighted by Crippen LogP contribution is 2.29. The number of nitrogens with zero attached hydrogens (tertiary/aromatic N) is 2. The smallest absolute Gasteiger partial charge is 0.224 e. The lowest BCUT2D eigenvalue weighted by molar-refractivity contribution is -0.126. The van der Waals surface area contributed by atoms with Crippen molar-refractivity contribution in [3.8, 4) is 0 Å². The van der Waals surface area contributed by atoms with E-state index >= 15 is 0 Å². The molecule has 6 nitrogen and oxygen atoms in total.